The van der Waals surface area contributed by atoms with Crippen LogP contribution in [0.15, 0.2) is 36.1 Å². The molecule has 1 aromatic carbocycles. The number of benzene rings is 1. The predicted octanol–water partition coefficient (Wildman–Crippen LogP) is 7.25. The molecule has 0 aliphatic carbocycles. The van der Waals surface area contributed by atoms with Gasteiger partial charge in [-0.3, -0.25) is 0 Å². The highest BCUT2D eigenvalue weighted by Gasteiger charge is 2.93. The van der Waals surface area contributed by atoms with Crippen LogP contribution >= 0.6 is 0 Å². The second-order valence-corrected chi connectivity index (χ2v) is 6.13. The average Bonchev–Trinajstić information content (AvgIpc) is 2.65. The zero-order valence-corrected chi connectivity index (χ0v) is 15.1. The standard InChI is InChI=1S/C15H5F17O2/c16-7(8(17)34-6-3-1-2-5(33)4-6)9(18,19)10(20,21)11(22,23)12(24,25)13(26,27)14(28,29)15(30,31)32/h1-4,33H. The third-order valence-electron chi connectivity index (χ3n) is 3.80. The van der Waals surface area contributed by atoms with Gasteiger partial charge in [-0.2, -0.15) is 74.6 Å². The molecular formula is C15H5F17O2. The topological polar surface area (TPSA) is 29.5 Å². The normalized spacial score (nSPS) is 15.8. The summed E-state index contributed by atoms with van der Waals surface area (Å²) in [6.07, 6.45) is -7.79. The number of halogens is 17. The van der Waals surface area contributed by atoms with Crippen LogP contribution in [-0.4, -0.2) is 46.8 Å². The van der Waals surface area contributed by atoms with Crippen LogP contribution in [0.2, 0.25) is 0 Å². The van der Waals surface area contributed by atoms with E-state index in [-0.39, 0.29) is 6.07 Å². The number of aromatic hydroxyl groups is 1. The molecule has 0 heterocycles. The van der Waals surface area contributed by atoms with E-state index in [0.717, 1.165) is 12.1 Å². The fourth-order valence-electron chi connectivity index (χ4n) is 1.92. The maximum atomic E-state index is 13.6. The fraction of sp³-hybridized carbons (Fsp3) is 0.467. The molecule has 196 valence electrons. The van der Waals surface area contributed by atoms with Crippen molar-refractivity contribution in [3.63, 3.8) is 0 Å². The Hall–Kier alpha value is -2.63. The molecule has 0 aliphatic heterocycles. The Morgan fingerprint density at radius 1 is 0.618 bits per heavy atom. The summed E-state index contributed by atoms with van der Waals surface area (Å²) in [6.45, 7) is 0. The van der Waals surface area contributed by atoms with Gasteiger partial charge in [0.25, 0.3) is 0 Å². The lowest BCUT2D eigenvalue weighted by Gasteiger charge is -2.41. The number of hydrogen-bond donors (Lipinski definition) is 1. The Kier molecular flexibility index (Phi) is 7.13. The van der Waals surface area contributed by atoms with Crippen molar-refractivity contribution >= 4 is 0 Å². The molecule has 1 N–H and O–H groups in total. The molecule has 0 unspecified atom stereocenters. The first-order valence-electron chi connectivity index (χ1n) is 7.67. The minimum atomic E-state index is -8.64. The highest BCUT2D eigenvalue weighted by Crippen LogP contribution is 2.63. The van der Waals surface area contributed by atoms with E-state index in [2.05, 4.69) is 4.74 Å². The number of rotatable bonds is 8. The van der Waals surface area contributed by atoms with E-state index in [9.17, 15) is 74.6 Å². The van der Waals surface area contributed by atoms with Crippen LogP contribution in [0.3, 0.4) is 0 Å². The van der Waals surface area contributed by atoms with Gasteiger partial charge in [-0.1, -0.05) is 6.07 Å². The number of hydrogen-bond acceptors (Lipinski definition) is 2. The molecule has 0 aliphatic rings. The SMILES string of the molecule is Oc1cccc(OC(F)=C(F)C(F)(F)C(F)(F)C(F)(F)C(F)(F)C(F)(F)C(F)(F)C(F)(F)F)c1. The minimum absolute atomic E-state index is 0.270. The number of allylic oxidation sites excluding steroid dienone is 1. The molecular weight excluding hydrogens is 535 g/mol. The van der Waals surface area contributed by atoms with Crippen LogP contribution in [0.4, 0.5) is 74.6 Å². The molecule has 0 bridgehead atoms. The van der Waals surface area contributed by atoms with Gasteiger partial charge in [0.05, 0.1) is 0 Å². The van der Waals surface area contributed by atoms with Gasteiger partial charge < -0.3 is 9.84 Å². The molecule has 0 aromatic heterocycles. The predicted molar refractivity (Wildman–Crippen MR) is 73.7 cm³/mol. The van der Waals surface area contributed by atoms with Crippen molar-refractivity contribution < 1.29 is 84.5 Å². The van der Waals surface area contributed by atoms with Gasteiger partial charge in [0.1, 0.15) is 11.5 Å². The molecule has 34 heavy (non-hydrogen) atoms. The Morgan fingerprint density at radius 2 is 1.03 bits per heavy atom. The summed E-state index contributed by atoms with van der Waals surface area (Å²) in [7, 11) is 0. The number of alkyl halides is 15. The molecule has 0 spiro atoms. The minimum Gasteiger partial charge on any atom is -0.508 e. The summed E-state index contributed by atoms with van der Waals surface area (Å²) >= 11 is 0. The summed E-state index contributed by atoms with van der Waals surface area (Å²) in [4.78, 5) is 0. The number of ether oxygens (including phenoxy) is 1. The summed E-state index contributed by atoms with van der Waals surface area (Å²) in [5.74, 6) is -56.4. The average molecular weight is 540 g/mol. The van der Waals surface area contributed by atoms with Crippen molar-refractivity contribution in [2.45, 2.75) is 41.7 Å². The van der Waals surface area contributed by atoms with Gasteiger partial charge >= 0.3 is 47.7 Å². The van der Waals surface area contributed by atoms with Crippen molar-refractivity contribution in [3.05, 3.63) is 36.1 Å². The quantitative estimate of drug-likeness (QED) is 0.278. The third-order valence-corrected chi connectivity index (χ3v) is 3.80. The van der Waals surface area contributed by atoms with Crippen LogP contribution in [0.5, 0.6) is 11.5 Å². The van der Waals surface area contributed by atoms with Gasteiger partial charge in [0.15, 0.2) is 0 Å². The maximum absolute atomic E-state index is 13.6. The van der Waals surface area contributed by atoms with Crippen molar-refractivity contribution in [1.29, 1.82) is 0 Å². The summed E-state index contributed by atoms with van der Waals surface area (Å²) in [5.41, 5.74) is 0. The van der Waals surface area contributed by atoms with Gasteiger partial charge in [-0.25, -0.2) is 0 Å². The molecule has 0 atom stereocenters. The third kappa shape index (κ3) is 4.16. The Bertz CT molecular complexity index is 931. The first kappa shape index (κ1) is 29.4. The molecule has 2 nitrogen and oxygen atoms in total. The maximum Gasteiger partial charge on any atom is 0.460 e. The number of phenolic OH excluding ortho intramolecular Hbond substituents is 1. The molecule has 0 amide bonds. The monoisotopic (exact) mass is 540 g/mol. The molecule has 0 saturated heterocycles. The summed E-state index contributed by atoms with van der Waals surface area (Å²) in [6, 6.07) is -1.33. The van der Waals surface area contributed by atoms with Gasteiger partial charge in [0.2, 0.25) is 5.83 Å². The second kappa shape index (κ2) is 8.24. The van der Waals surface area contributed by atoms with Crippen LogP contribution in [0, 0.1) is 0 Å². The smallest absolute Gasteiger partial charge is 0.460 e. The Labute approximate surface area is 175 Å². The van der Waals surface area contributed by atoms with Crippen LogP contribution in [0.25, 0.3) is 0 Å². The van der Waals surface area contributed by atoms with Gasteiger partial charge in [0, 0.05) is 6.07 Å². The van der Waals surface area contributed by atoms with Crippen LogP contribution in [0.1, 0.15) is 0 Å². The highest BCUT2D eigenvalue weighted by molar-refractivity contribution is 5.33. The van der Waals surface area contributed by atoms with Crippen molar-refractivity contribution in [2.24, 2.45) is 0 Å². The second-order valence-electron chi connectivity index (χ2n) is 6.13. The highest BCUT2D eigenvalue weighted by atomic mass is 19.4. The van der Waals surface area contributed by atoms with Gasteiger partial charge in [-0.05, 0) is 12.1 Å². The summed E-state index contributed by atoms with van der Waals surface area (Å²) < 4.78 is 225. The van der Waals surface area contributed by atoms with Crippen molar-refractivity contribution in [2.75, 3.05) is 0 Å². The van der Waals surface area contributed by atoms with E-state index in [1.807, 2.05) is 0 Å². The Balaban J connectivity index is 3.59. The lowest BCUT2D eigenvalue weighted by Crippen LogP contribution is -2.72. The molecule has 1 rings (SSSR count). The lowest BCUT2D eigenvalue weighted by molar-refractivity contribution is -0.451. The van der Waals surface area contributed by atoms with E-state index in [0.29, 0.717) is 6.07 Å². The van der Waals surface area contributed by atoms with E-state index < -0.39 is 65.1 Å². The van der Waals surface area contributed by atoms with Gasteiger partial charge in [-0.15, -0.1) is 0 Å². The lowest BCUT2D eigenvalue weighted by atomic mass is 9.91. The fourth-order valence-corrected chi connectivity index (χ4v) is 1.92. The van der Waals surface area contributed by atoms with Crippen LogP contribution < -0.4 is 4.74 Å². The molecule has 0 radical (unpaired) electrons. The zero-order valence-electron chi connectivity index (χ0n) is 15.1. The van der Waals surface area contributed by atoms with E-state index in [1.54, 1.807) is 0 Å². The number of phenols is 1. The zero-order chi connectivity index (χ0) is 27.3. The van der Waals surface area contributed by atoms with E-state index in [4.69, 9.17) is 5.11 Å². The van der Waals surface area contributed by atoms with Crippen molar-refractivity contribution in [1.82, 2.24) is 0 Å². The van der Waals surface area contributed by atoms with Crippen molar-refractivity contribution in [3.8, 4) is 11.5 Å². The molecule has 1 aromatic rings. The first-order chi connectivity index (χ1) is 14.8. The van der Waals surface area contributed by atoms with Crippen LogP contribution in [-0.2, 0) is 0 Å². The van der Waals surface area contributed by atoms with E-state index >= 15 is 0 Å². The summed E-state index contributed by atoms with van der Waals surface area (Å²) in [5, 5.41) is 8.97. The molecule has 19 heteroatoms. The largest absolute Gasteiger partial charge is 0.508 e. The molecule has 0 saturated carbocycles. The van der Waals surface area contributed by atoms with E-state index in [1.165, 1.54) is 0 Å². The Morgan fingerprint density at radius 3 is 1.44 bits per heavy atom. The first-order valence-corrected chi connectivity index (χ1v) is 7.67. The molecule has 0 fully saturated rings.